The number of carbonyl (C=O) groups is 2. The van der Waals surface area contributed by atoms with Crippen LogP contribution in [0.1, 0.15) is 40.5 Å². The van der Waals surface area contributed by atoms with Crippen molar-refractivity contribution in [3.8, 4) is 0 Å². The highest BCUT2D eigenvalue weighted by Gasteiger charge is 2.09. The normalized spacial score (nSPS) is 11.1. The van der Waals surface area contributed by atoms with Crippen molar-refractivity contribution >= 4 is 11.9 Å². The van der Waals surface area contributed by atoms with Crippen LogP contribution in [0.5, 0.6) is 0 Å². The van der Waals surface area contributed by atoms with Crippen LogP contribution >= 0.6 is 0 Å². The molecule has 0 aliphatic carbocycles. The molecule has 0 unspecified atom stereocenters. The molecule has 0 spiro atoms. The Labute approximate surface area is 116 Å². The van der Waals surface area contributed by atoms with Crippen molar-refractivity contribution in [2.24, 2.45) is 11.8 Å². The van der Waals surface area contributed by atoms with Crippen LogP contribution in [0, 0.1) is 11.8 Å². The van der Waals surface area contributed by atoms with E-state index in [0.29, 0.717) is 11.8 Å². The fraction of sp³-hybridized carbons (Fsp3) is 0.857. The van der Waals surface area contributed by atoms with E-state index in [2.05, 4.69) is 43.1 Å². The zero-order valence-corrected chi connectivity index (χ0v) is 12.6. The molecule has 0 bridgehead atoms. The molecule has 19 heavy (non-hydrogen) atoms. The molecule has 0 heterocycles. The highest BCUT2D eigenvalue weighted by molar-refractivity contribution is 5.87. The first-order valence-corrected chi connectivity index (χ1v) is 7.06. The van der Waals surface area contributed by atoms with E-state index in [1.54, 1.807) is 0 Å². The third-order valence-electron chi connectivity index (χ3n) is 2.56. The quantitative estimate of drug-likeness (QED) is 0.357. The molecule has 0 amide bonds. The van der Waals surface area contributed by atoms with E-state index in [9.17, 15) is 9.59 Å². The second-order valence-electron chi connectivity index (χ2n) is 5.56. The molecular formula is C14H28N2O3. The Kier molecular flexibility index (Phi) is 10.4. The van der Waals surface area contributed by atoms with Gasteiger partial charge < -0.3 is 15.4 Å². The monoisotopic (exact) mass is 272 g/mol. The first-order valence-electron chi connectivity index (χ1n) is 7.06. The summed E-state index contributed by atoms with van der Waals surface area (Å²) in [5, 5.41) is 5.91. The fourth-order valence-corrected chi connectivity index (χ4v) is 1.36. The number of carbonyl (C=O) groups excluding carboxylic acids is 2. The molecule has 0 radical (unpaired) electrons. The largest absolute Gasteiger partial charge is 0.391 e. The van der Waals surface area contributed by atoms with E-state index in [4.69, 9.17) is 0 Å². The van der Waals surface area contributed by atoms with E-state index in [-0.39, 0.29) is 13.1 Å². The van der Waals surface area contributed by atoms with E-state index >= 15 is 0 Å². The summed E-state index contributed by atoms with van der Waals surface area (Å²) in [6, 6.07) is 0. The maximum Gasteiger partial charge on any atom is 0.327 e. The van der Waals surface area contributed by atoms with Crippen LogP contribution in [0.4, 0.5) is 0 Å². The third kappa shape index (κ3) is 13.3. The second-order valence-corrected chi connectivity index (χ2v) is 5.56. The number of nitrogens with one attached hydrogen (secondary N) is 2. The standard InChI is InChI=1S/C14H28N2O3/c1-11(2)5-7-15-9-13(17)19-14(18)10-16-8-6-12(3)4/h11-12,15-16H,5-10H2,1-4H3. The summed E-state index contributed by atoms with van der Waals surface area (Å²) in [5.41, 5.74) is 0. The van der Waals surface area contributed by atoms with E-state index < -0.39 is 11.9 Å². The Morgan fingerprint density at radius 2 is 1.21 bits per heavy atom. The van der Waals surface area contributed by atoms with Crippen molar-refractivity contribution in [2.45, 2.75) is 40.5 Å². The molecular weight excluding hydrogens is 244 g/mol. The van der Waals surface area contributed by atoms with Gasteiger partial charge in [-0.2, -0.15) is 0 Å². The molecule has 0 aromatic heterocycles. The highest BCUT2D eigenvalue weighted by atomic mass is 16.6. The summed E-state index contributed by atoms with van der Waals surface area (Å²) in [6.07, 6.45) is 2.00. The number of hydrogen-bond acceptors (Lipinski definition) is 5. The van der Waals surface area contributed by atoms with Gasteiger partial charge in [-0.05, 0) is 37.8 Å². The lowest BCUT2D eigenvalue weighted by atomic mass is 10.1. The summed E-state index contributed by atoms with van der Waals surface area (Å²) in [6.45, 7) is 10.2. The third-order valence-corrected chi connectivity index (χ3v) is 2.56. The Morgan fingerprint density at radius 1 is 0.842 bits per heavy atom. The van der Waals surface area contributed by atoms with Crippen molar-refractivity contribution in [3.63, 3.8) is 0 Å². The van der Waals surface area contributed by atoms with Crippen molar-refractivity contribution in [3.05, 3.63) is 0 Å². The van der Waals surface area contributed by atoms with Crippen LogP contribution in [0.2, 0.25) is 0 Å². The topological polar surface area (TPSA) is 67.4 Å². The highest BCUT2D eigenvalue weighted by Crippen LogP contribution is 1.96. The minimum atomic E-state index is -0.514. The summed E-state index contributed by atoms with van der Waals surface area (Å²) in [5.74, 6) is 0.157. The molecule has 0 aliphatic heterocycles. The number of esters is 2. The van der Waals surface area contributed by atoms with Gasteiger partial charge in [-0.1, -0.05) is 27.7 Å². The SMILES string of the molecule is CC(C)CCNCC(=O)OC(=O)CNCCC(C)C. The molecule has 0 aromatic carbocycles. The molecule has 0 aromatic rings. The summed E-state index contributed by atoms with van der Waals surface area (Å²) < 4.78 is 4.66. The maximum absolute atomic E-state index is 11.3. The molecule has 0 rings (SSSR count). The first-order chi connectivity index (χ1) is 8.91. The van der Waals surface area contributed by atoms with Gasteiger partial charge in [0.1, 0.15) is 0 Å². The summed E-state index contributed by atoms with van der Waals surface area (Å²) >= 11 is 0. The molecule has 112 valence electrons. The van der Waals surface area contributed by atoms with Crippen LogP contribution in [-0.2, 0) is 14.3 Å². The zero-order chi connectivity index (χ0) is 14.7. The molecule has 5 heteroatoms. The smallest absolute Gasteiger partial charge is 0.327 e. The Morgan fingerprint density at radius 3 is 1.53 bits per heavy atom. The predicted molar refractivity (Wildman–Crippen MR) is 75.7 cm³/mol. The molecule has 0 saturated heterocycles. The Bertz CT molecular complexity index is 239. The second kappa shape index (κ2) is 10.9. The average molecular weight is 272 g/mol. The lowest BCUT2D eigenvalue weighted by Crippen LogP contribution is -2.32. The average Bonchev–Trinajstić information content (AvgIpc) is 2.30. The van der Waals surface area contributed by atoms with Crippen LogP contribution in [-0.4, -0.2) is 38.1 Å². The number of hydrogen-bond donors (Lipinski definition) is 2. The summed E-state index contributed by atoms with van der Waals surface area (Å²) in [7, 11) is 0. The van der Waals surface area contributed by atoms with Crippen LogP contribution in [0.15, 0.2) is 0 Å². The van der Waals surface area contributed by atoms with Crippen LogP contribution < -0.4 is 10.6 Å². The van der Waals surface area contributed by atoms with Crippen molar-refractivity contribution < 1.29 is 14.3 Å². The molecule has 0 atom stereocenters. The Balaban J connectivity index is 3.50. The summed E-state index contributed by atoms with van der Waals surface area (Å²) in [4.78, 5) is 22.6. The lowest BCUT2D eigenvalue weighted by molar-refractivity contribution is -0.158. The minimum Gasteiger partial charge on any atom is -0.391 e. The zero-order valence-electron chi connectivity index (χ0n) is 12.6. The predicted octanol–water partition coefficient (Wildman–Crippen LogP) is 1.33. The number of ether oxygens (including phenoxy) is 1. The van der Waals surface area contributed by atoms with Crippen LogP contribution in [0.3, 0.4) is 0 Å². The van der Waals surface area contributed by atoms with E-state index in [0.717, 1.165) is 25.9 Å². The van der Waals surface area contributed by atoms with Gasteiger partial charge in [0.15, 0.2) is 0 Å². The molecule has 0 saturated carbocycles. The molecule has 5 nitrogen and oxygen atoms in total. The maximum atomic E-state index is 11.3. The van der Waals surface area contributed by atoms with Crippen molar-refractivity contribution in [1.82, 2.24) is 10.6 Å². The van der Waals surface area contributed by atoms with Gasteiger partial charge in [0.05, 0.1) is 13.1 Å². The van der Waals surface area contributed by atoms with Crippen LogP contribution in [0.25, 0.3) is 0 Å². The number of rotatable bonds is 10. The van der Waals surface area contributed by atoms with Gasteiger partial charge in [0.2, 0.25) is 0 Å². The van der Waals surface area contributed by atoms with Crippen molar-refractivity contribution in [1.29, 1.82) is 0 Å². The molecule has 2 N–H and O–H groups in total. The van der Waals surface area contributed by atoms with Gasteiger partial charge in [0.25, 0.3) is 0 Å². The Hall–Kier alpha value is -0.940. The van der Waals surface area contributed by atoms with Gasteiger partial charge in [-0.3, -0.25) is 9.59 Å². The lowest BCUT2D eigenvalue weighted by Gasteiger charge is -2.08. The molecule has 0 aliphatic rings. The van der Waals surface area contributed by atoms with Gasteiger partial charge in [-0.25, -0.2) is 0 Å². The van der Waals surface area contributed by atoms with Gasteiger partial charge in [0, 0.05) is 0 Å². The van der Waals surface area contributed by atoms with E-state index in [1.165, 1.54) is 0 Å². The van der Waals surface area contributed by atoms with Gasteiger partial charge in [-0.15, -0.1) is 0 Å². The first kappa shape index (κ1) is 18.1. The van der Waals surface area contributed by atoms with Gasteiger partial charge >= 0.3 is 11.9 Å². The van der Waals surface area contributed by atoms with E-state index in [1.807, 2.05) is 0 Å². The van der Waals surface area contributed by atoms with Crippen molar-refractivity contribution in [2.75, 3.05) is 26.2 Å². The molecule has 0 fully saturated rings. The minimum absolute atomic E-state index is 0.0878. The fourth-order valence-electron chi connectivity index (χ4n) is 1.36.